The summed E-state index contributed by atoms with van der Waals surface area (Å²) in [5.74, 6) is 0.519. The smallest absolute Gasteiger partial charge is 0.258 e. The Bertz CT molecular complexity index is 722. The van der Waals surface area contributed by atoms with Crippen LogP contribution < -0.4 is 0 Å². The van der Waals surface area contributed by atoms with Gasteiger partial charge in [-0.25, -0.2) is 0 Å². The van der Waals surface area contributed by atoms with E-state index in [1.807, 2.05) is 66.7 Å². The Morgan fingerprint density at radius 3 is 2.16 bits per heavy atom. The van der Waals surface area contributed by atoms with Crippen molar-refractivity contribution < 1.29 is 0 Å². The van der Waals surface area contributed by atoms with Gasteiger partial charge in [0.25, 0.3) is 5.82 Å². The molecular formula is C16H11N3. The molecule has 0 fully saturated rings. The largest absolute Gasteiger partial charge is 0.362 e. The monoisotopic (exact) mass is 245 g/mol. The van der Waals surface area contributed by atoms with E-state index in [4.69, 9.17) is 6.57 Å². The van der Waals surface area contributed by atoms with E-state index in [2.05, 4.69) is 9.94 Å². The standard InChI is InChI=1S/C16H11N3/c1-17-16-12-15(13-8-4-2-5-9-13)18-19(16)14-10-6-3-7-11-14/h2-12H. The lowest BCUT2D eigenvalue weighted by atomic mass is 10.2. The molecule has 0 unspecified atom stereocenters. The fourth-order valence-corrected chi connectivity index (χ4v) is 1.96. The first-order chi connectivity index (χ1) is 9.38. The van der Waals surface area contributed by atoms with Gasteiger partial charge in [-0.3, -0.25) is 0 Å². The molecule has 3 rings (SSSR count). The Kier molecular flexibility index (Phi) is 2.83. The second-order valence-electron chi connectivity index (χ2n) is 4.11. The van der Waals surface area contributed by atoms with E-state index in [-0.39, 0.29) is 0 Å². The number of rotatable bonds is 2. The van der Waals surface area contributed by atoms with Crippen molar-refractivity contribution in [3.63, 3.8) is 0 Å². The zero-order valence-electron chi connectivity index (χ0n) is 10.2. The van der Waals surface area contributed by atoms with Crippen molar-refractivity contribution in [2.75, 3.05) is 0 Å². The summed E-state index contributed by atoms with van der Waals surface area (Å²) < 4.78 is 1.68. The van der Waals surface area contributed by atoms with E-state index in [0.717, 1.165) is 16.9 Å². The topological polar surface area (TPSA) is 22.2 Å². The SMILES string of the molecule is [C-]#[N+]c1cc(-c2ccccc2)nn1-c1ccccc1. The molecule has 0 bridgehead atoms. The molecule has 0 radical (unpaired) electrons. The van der Waals surface area contributed by atoms with Gasteiger partial charge in [0.1, 0.15) is 11.4 Å². The molecular weight excluding hydrogens is 234 g/mol. The molecule has 1 heterocycles. The minimum Gasteiger partial charge on any atom is -0.362 e. The lowest BCUT2D eigenvalue weighted by molar-refractivity contribution is 0.899. The van der Waals surface area contributed by atoms with Gasteiger partial charge in [-0.2, -0.15) is 4.68 Å². The first-order valence-corrected chi connectivity index (χ1v) is 5.97. The third-order valence-electron chi connectivity index (χ3n) is 2.88. The number of para-hydroxylation sites is 1. The van der Waals surface area contributed by atoms with Gasteiger partial charge in [0, 0.05) is 5.56 Å². The Morgan fingerprint density at radius 2 is 1.53 bits per heavy atom. The van der Waals surface area contributed by atoms with Crippen LogP contribution in [-0.2, 0) is 0 Å². The van der Waals surface area contributed by atoms with E-state index in [9.17, 15) is 0 Å². The van der Waals surface area contributed by atoms with Gasteiger partial charge in [0.2, 0.25) is 0 Å². The van der Waals surface area contributed by atoms with E-state index in [0.29, 0.717) is 5.82 Å². The number of hydrogen-bond acceptors (Lipinski definition) is 1. The summed E-state index contributed by atoms with van der Waals surface area (Å²) in [6.07, 6.45) is 0. The maximum Gasteiger partial charge on any atom is 0.258 e. The molecule has 0 N–H and O–H groups in total. The molecule has 1 aromatic heterocycles. The molecule has 0 atom stereocenters. The summed E-state index contributed by atoms with van der Waals surface area (Å²) >= 11 is 0. The summed E-state index contributed by atoms with van der Waals surface area (Å²) in [5.41, 5.74) is 2.73. The van der Waals surface area contributed by atoms with Gasteiger partial charge in [-0.1, -0.05) is 60.2 Å². The molecule has 0 aliphatic rings. The second kappa shape index (κ2) is 4.79. The quantitative estimate of drug-likeness (QED) is 0.623. The van der Waals surface area contributed by atoms with E-state index in [1.165, 1.54) is 0 Å². The highest BCUT2D eigenvalue weighted by molar-refractivity contribution is 5.64. The van der Waals surface area contributed by atoms with Crippen LogP contribution in [0.4, 0.5) is 5.82 Å². The fraction of sp³-hybridized carbons (Fsp3) is 0. The number of aromatic nitrogens is 2. The molecule has 0 amide bonds. The molecule has 2 aromatic carbocycles. The summed E-state index contributed by atoms with van der Waals surface area (Å²) in [6.45, 7) is 7.27. The minimum absolute atomic E-state index is 0.519. The van der Waals surface area contributed by atoms with Crippen molar-refractivity contribution in [1.29, 1.82) is 0 Å². The van der Waals surface area contributed by atoms with Gasteiger partial charge in [-0.05, 0) is 18.2 Å². The number of hydrogen-bond donors (Lipinski definition) is 0. The fourth-order valence-electron chi connectivity index (χ4n) is 1.96. The average Bonchev–Trinajstić information content (AvgIpc) is 2.93. The average molecular weight is 245 g/mol. The summed E-state index contributed by atoms with van der Waals surface area (Å²) in [6, 6.07) is 21.4. The Hall–Kier alpha value is -2.86. The molecule has 19 heavy (non-hydrogen) atoms. The van der Waals surface area contributed by atoms with Crippen molar-refractivity contribution in [3.05, 3.63) is 78.1 Å². The van der Waals surface area contributed by atoms with Gasteiger partial charge in [-0.15, -0.1) is 0 Å². The van der Waals surface area contributed by atoms with Gasteiger partial charge in [0.15, 0.2) is 0 Å². The zero-order valence-corrected chi connectivity index (χ0v) is 10.2. The molecule has 3 heteroatoms. The summed E-state index contributed by atoms with van der Waals surface area (Å²) in [5, 5.41) is 4.52. The van der Waals surface area contributed by atoms with Crippen LogP contribution in [0.5, 0.6) is 0 Å². The maximum absolute atomic E-state index is 7.27. The summed E-state index contributed by atoms with van der Waals surface area (Å²) in [4.78, 5) is 3.54. The normalized spacial score (nSPS) is 10.1. The van der Waals surface area contributed by atoms with Gasteiger partial charge < -0.3 is 4.85 Å². The van der Waals surface area contributed by atoms with Crippen LogP contribution in [0.3, 0.4) is 0 Å². The second-order valence-corrected chi connectivity index (χ2v) is 4.11. The lowest BCUT2D eigenvalue weighted by Crippen LogP contribution is -1.94. The van der Waals surface area contributed by atoms with Crippen LogP contribution in [-0.4, -0.2) is 9.78 Å². The molecule has 3 aromatic rings. The predicted octanol–water partition coefficient (Wildman–Crippen LogP) is 4.09. The van der Waals surface area contributed by atoms with Crippen molar-refractivity contribution >= 4 is 5.82 Å². The van der Waals surface area contributed by atoms with Crippen molar-refractivity contribution in [3.8, 4) is 16.9 Å². The van der Waals surface area contributed by atoms with Crippen LogP contribution in [0.25, 0.3) is 21.8 Å². The predicted molar refractivity (Wildman–Crippen MR) is 75.3 cm³/mol. The highest BCUT2D eigenvalue weighted by Gasteiger charge is 2.12. The van der Waals surface area contributed by atoms with Crippen molar-refractivity contribution in [2.45, 2.75) is 0 Å². The highest BCUT2D eigenvalue weighted by atomic mass is 15.3. The summed E-state index contributed by atoms with van der Waals surface area (Å²) in [7, 11) is 0. The van der Waals surface area contributed by atoms with E-state index >= 15 is 0 Å². The maximum atomic E-state index is 7.27. The lowest BCUT2D eigenvalue weighted by Gasteiger charge is -1.97. The number of benzene rings is 2. The van der Waals surface area contributed by atoms with Crippen molar-refractivity contribution in [1.82, 2.24) is 9.78 Å². The van der Waals surface area contributed by atoms with Crippen LogP contribution in [0, 0.1) is 6.57 Å². The third-order valence-corrected chi connectivity index (χ3v) is 2.88. The Morgan fingerprint density at radius 1 is 0.895 bits per heavy atom. The van der Waals surface area contributed by atoms with Crippen LogP contribution in [0.1, 0.15) is 0 Å². The molecule has 0 spiro atoms. The van der Waals surface area contributed by atoms with Gasteiger partial charge in [0.05, 0.1) is 0 Å². The number of nitrogens with zero attached hydrogens (tertiary/aromatic N) is 3. The zero-order chi connectivity index (χ0) is 13.1. The highest BCUT2D eigenvalue weighted by Crippen LogP contribution is 2.26. The van der Waals surface area contributed by atoms with E-state index < -0.39 is 0 Å². The van der Waals surface area contributed by atoms with Crippen LogP contribution in [0.2, 0.25) is 0 Å². The van der Waals surface area contributed by atoms with Crippen LogP contribution in [0.15, 0.2) is 66.7 Å². The Balaban J connectivity index is 2.13. The molecule has 3 nitrogen and oxygen atoms in total. The Labute approximate surface area is 111 Å². The first kappa shape index (κ1) is 11.2. The first-order valence-electron chi connectivity index (χ1n) is 5.97. The molecule has 0 saturated carbocycles. The molecule has 0 aliphatic carbocycles. The van der Waals surface area contributed by atoms with Crippen LogP contribution >= 0.6 is 0 Å². The molecule has 0 aliphatic heterocycles. The third kappa shape index (κ3) is 2.12. The van der Waals surface area contributed by atoms with E-state index in [1.54, 1.807) is 4.68 Å². The van der Waals surface area contributed by atoms with Gasteiger partial charge >= 0.3 is 0 Å². The molecule has 90 valence electrons. The van der Waals surface area contributed by atoms with Crippen molar-refractivity contribution in [2.24, 2.45) is 0 Å². The molecule has 0 saturated heterocycles. The minimum atomic E-state index is 0.519.